The Morgan fingerprint density at radius 1 is 1.10 bits per heavy atom. The van der Waals surface area contributed by atoms with Crippen LogP contribution < -0.4 is 16.0 Å². The molecule has 0 spiro atoms. The van der Waals surface area contributed by atoms with Gasteiger partial charge in [-0.3, -0.25) is 9.79 Å². The summed E-state index contributed by atoms with van der Waals surface area (Å²) in [5.41, 5.74) is 0. The van der Waals surface area contributed by atoms with E-state index >= 15 is 0 Å². The van der Waals surface area contributed by atoms with Crippen LogP contribution in [0.5, 0.6) is 0 Å². The highest BCUT2D eigenvalue weighted by Gasteiger charge is 2.15. The highest BCUT2D eigenvalue weighted by atomic mass is 16.1. The summed E-state index contributed by atoms with van der Waals surface area (Å²) >= 11 is 0. The van der Waals surface area contributed by atoms with Gasteiger partial charge in [-0.15, -0.1) is 0 Å². The Kier molecular flexibility index (Phi) is 9.66. The maximum atomic E-state index is 11.9. The third-order valence-corrected chi connectivity index (χ3v) is 3.91. The molecule has 0 aliphatic heterocycles. The van der Waals surface area contributed by atoms with Gasteiger partial charge < -0.3 is 16.0 Å². The van der Waals surface area contributed by atoms with Gasteiger partial charge in [0.05, 0.1) is 0 Å². The second kappa shape index (κ2) is 11.4. The molecule has 1 fully saturated rings. The number of rotatable bonds is 8. The molecular formula is C16H32N4O. The summed E-state index contributed by atoms with van der Waals surface area (Å²) in [6.45, 7) is 3.76. The fourth-order valence-corrected chi connectivity index (χ4v) is 2.64. The first-order chi connectivity index (χ1) is 10.3. The molecule has 0 aromatic heterocycles. The summed E-state index contributed by atoms with van der Waals surface area (Å²) in [6.07, 6.45) is 10.2. The van der Waals surface area contributed by atoms with Gasteiger partial charge in [0.25, 0.3) is 0 Å². The molecule has 0 atom stereocenters. The highest BCUT2D eigenvalue weighted by molar-refractivity contribution is 5.81. The number of amides is 1. The molecule has 0 unspecified atom stereocenters. The van der Waals surface area contributed by atoms with Gasteiger partial charge in [0.15, 0.2) is 5.96 Å². The molecule has 1 aliphatic rings. The van der Waals surface area contributed by atoms with Crippen molar-refractivity contribution in [1.82, 2.24) is 16.0 Å². The van der Waals surface area contributed by atoms with Gasteiger partial charge in [-0.05, 0) is 19.3 Å². The molecule has 122 valence electrons. The minimum atomic E-state index is 0.149. The van der Waals surface area contributed by atoms with Crippen LogP contribution in [0, 0.1) is 0 Å². The molecule has 21 heavy (non-hydrogen) atoms. The van der Waals surface area contributed by atoms with Gasteiger partial charge in [-0.2, -0.15) is 0 Å². The van der Waals surface area contributed by atoms with Crippen molar-refractivity contribution in [1.29, 1.82) is 0 Å². The Labute approximate surface area is 129 Å². The second-order valence-electron chi connectivity index (χ2n) is 5.79. The third kappa shape index (κ3) is 8.58. The maximum Gasteiger partial charge on any atom is 0.221 e. The van der Waals surface area contributed by atoms with Crippen molar-refractivity contribution in [3.05, 3.63) is 0 Å². The quantitative estimate of drug-likeness (QED) is 0.365. The molecule has 0 aromatic carbocycles. The number of unbranched alkanes of at least 4 members (excludes halogenated alkanes) is 2. The molecule has 0 saturated heterocycles. The largest absolute Gasteiger partial charge is 0.356 e. The van der Waals surface area contributed by atoms with Crippen LogP contribution in [0.25, 0.3) is 0 Å². The number of nitrogens with zero attached hydrogens (tertiary/aromatic N) is 1. The van der Waals surface area contributed by atoms with Crippen LogP contribution in [-0.4, -0.2) is 38.0 Å². The lowest BCUT2D eigenvalue weighted by molar-refractivity contribution is -0.121. The van der Waals surface area contributed by atoms with Gasteiger partial charge in [0.1, 0.15) is 0 Å². The van der Waals surface area contributed by atoms with Crippen LogP contribution in [0.4, 0.5) is 0 Å². The van der Waals surface area contributed by atoms with Gasteiger partial charge in [-0.1, -0.05) is 39.0 Å². The van der Waals surface area contributed by atoms with E-state index in [1.807, 2.05) is 0 Å². The Bertz CT molecular complexity index is 311. The zero-order valence-corrected chi connectivity index (χ0v) is 13.7. The zero-order valence-electron chi connectivity index (χ0n) is 13.7. The Balaban J connectivity index is 2.08. The summed E-state index contributed by atoms with van der Waals surface area (Å²) in [5.74, 6) is 0.937. The lowest BCUT2D eigenvalue weighted by Crippen LogP contribution is -2.41. The zero-order chi connectivity index (χ0) is 15.3. The molecule has 0 heterocycles. The summed E-state index contributed by atoms with van der Waals surface area (Å²) in [7, 11) is 1.76. The van der Waals surface area contributed by atoms with Crippen LogP contribution in [0.3, 0.4) is 0 Å². The van der Waals surface area contributed by atoms with E-state index in [0.717, 1.165) is 31.8 Å². The first-order valence-electron chi connectivity index (χ1n) is 8.50. The minimum absolute atomic E-state index is 0.149. The summed E-state index contributed by atoms with van der Waals surface area (Å²) in [5, 5.41) is 9.59. The third-order valence-electron chi connectivity index (χ3n) is 3.91. The van der Waals surface area contributed by atoms with Crippen LogP contribution in [0.2, 0.25) is 0 Å². The standard InChI is InChI=1S/C16H32N4O/c1-3-4-8-12-18-16(17-2)19-13-11-15(21)20-14-9-6-5-7-10-14/h14H,3-13H2,1-2H3,(H,20,21)(H2,17,18,19). The molecule has 1 rings (SSSR count). The van der Waals surface area contributed by atoms with Gasteiger partial charge in [0, 0.05) is 32.6 Å². The lowest BCUT2D eigenvalue weighted by Gasteiger charge is -2.22. The molecular weight excluding hydrogens is 264 g/mol. The maximum absolute atomic E-state index is 11.9. The summed E-state index contributed by atoms with van der Waals surface area (Å²) < 4.78 is 0. The van der Waals surface area contributed by atoms with E-state index in [4.69, 9.17) is 0 Å². The molecule has 0 aromatic rings. The number of carbonyl (C=O) groups excluding carboxylic acids is 1. The second-order valence-corrected chi connectivity index (χ2v) is 5.79. The van der Waals surface area contributed by atoms with Crippen molar-refractivity contribution in [3.63, 3.8) is 0 Å². The topological polar surface area (TPSA) is 65.5 Å². The van der Waals surface area contributed by atoms with E-state index in [1.54, 1.807) is 7.05 Å². The molecule has 0 bridgehead atoms. The Morgan fingerprint density at radius 3 is 2.48 bits per heavy atom. The normalized spacial score (nSPS) is 16.6. The SMILES string of the molecule is CCCCCNC(=NC)NCCC(=O)NC1CCCCC1. The van der Waals surface area contributed by atoms with Crippen molar-refractivity contribution < 1.29 is 4.79 Å². The van der Waals surface area contributed by atoms with E-state index in [9.17, 15) is 4.79 Å². The van der Waals surface area contributed by atoms with Crippen LogP contribution in [-0.2, 0) is 4.79 Å². The predicted octanol–water partition coefficient (Wildman–Crippen LogP) is 2.18. The van der Waals surface area contributed by atoms with E-state index in [-0.39, 0.29) is 5.91 Å². The molecule has 5 heteroatoms. The summed E-state index contributed by atoms with van der Waals surface area (Å²) in [4.78, 5) is 16.0. The number of nitrogens with one attached hydrogen (secondary N) is 3. The molecule has 1 saturated carbocycles. The fraction of sp³-hybridized carbons (Fsp3) is 0.875. The minimum Gasteiger partial charge on any atom is -0.356 e. The van der Waals surface area contributed by atoms with Gasteiger partial charge in [0.2, 0.25) is 5.91 Å². The molecule has 1 amide bonds. The number of carbonyl (C=O) groups is 1. The van der Waals surface area contributed by atoms with E-state index in [0.29, 0.717) is 19.0 Å². The van der Waals surface area contributed by atoms with E-state index in [2.05, 4.69) is 27.9 Å². The van der Waals surface area contributed by atoms with Crippen LogP contribution in [0.1, 0.15) is 64.7 Å². The smallest absolute Gasteiger partial charge is 0.221 e. The predicted molar refractivity (Wildman–Crippen MR) is 88.5 cm³/mol. The van der Waals surface area contributed by atoms with E-state index in [1.165, 1.54) is 32.1 Å². The van der Waals surface area contributed by atoms with Crippen molar-refractivity contribution in [2.45, 2.75) is 70.8 Å². The number of aliphatic imine (C=N–C) groups is 1. The van der Waals surface area contributed by atoms with Crippen molar-refractivity contribution in [3.8, 4) is 0 Å². The van der Waals surface area contributed by atoms with E-state index < -0.39 is 0 Å². The van der Waals surface area contributed by atoms with Gasteiger partial charge in [-0.25, -0.2) is 0 Å². The molecule has 3 N–H and O–H groups in total. The van der Waals surface area contributed by atoms with Crippen molar-refractivity contribution in [2.75, 3.05) is 20.1 Å². The first kappa shape index (κ1) is 17.8. The molecule has 5 nitrogen and oxygen atoms in total. The highest BCUT2D eigenvalue weighted by Crippen LogP contribution is 2.17. The summed E-state index contributed by atoms with van der Waals surface area (Å²) in [6, 6.07) is 0.401. The molecule has 1 aliphatic carbocycles. The van der Waals surface area contributed by atoms with Crippen LogP contribution >= 0.6 is 0 Å². The fourth-order valence-electron chi connectivity index (χ4n) is 2.64. The number of hydrogen-bond donors (Lipinski definition) is 3. The Hall–Kier alpha value is -1.26. The number of guanidine groups is 1. The number of hydrogen-bond acceptors (Lipinski definition) is 2. The lowest BCUT2D eigenvalue weighted by atomic mass is 9.95. The monoisotopic (exact) mass is 296 g/mol. The van der Waals surface area contributed by atoms with Crippen LogP contribution in [0.15, 0.2) is 4.99 Å². The first-order valence-corrected chi connectivity index (χ1v) is 8.50. The van der Waals surface area contributed by atoms with Crippen molar-refractivity contribution >= 4 is 11.9 Å². The Morgan fingerprint density at radius 2 is 1.81 bits per heavy atom. The average Bonchev–Trinajstić information content (AvgIpc) is 2.50. The molecule has 0 radical (unpaired) electrons. The average molecular weight is 296 g/mol. The van der Waals surface area contributed by atoms with Crippen molar-refractivity contribution in [2.24, 2.45) is 4.99 Å². The van der Waals surface area contributed by atoms with Gasteiger partial charge >= 0.3 is 0 Å².